The lowest BCUT2D eigenvalue weighted by atomic mass is 10.1. The molecule has 0 saturated carbocycles. The summed E-state index contributed by atoms with van der Waals surface area (Å²) in [5.41, 5.74) is -0.337. The molecule has 0 bridgehead atoms. The highest BCUT2D eigenvalue weighted by Crippen LogP contribution is 2.25. The molecule has 6 heteroatoms. The molecule has 0 unspecified atom stereocenters. The van der Waals surface area contributed by atoms with Crippen LogP contribution in [0.4, 0.5) is 0 Å². The molecule has 0 aliphatic carbocycles. The van der Waals surface area contributed by atoms with Gasteiger partial charge in [-0.3, -0.25) is 9.59 Å². The van der Waals surface area contributed by atoms with E-state index < -0.39 is 29.4 Å². The van der Waals surface area contributed by atoms with E-state index in [1.54, 1.807) is 0 Å². The van der Waals surface area contributed by atoms with Crippen molar-refractivity contribution in [1.29, 1.82) is 0 Å². The van der Waals surface area contributed by atoms with E-state index in [2.05, 4.69) is 5.32 Å². The molecule has 0 heterocycles. The third-order valence-electron chi connectivity index (χ3n) is 1.97. The molecule has 0 aromatic heterocycles. The average molecular weight is 225 g/mol. The summed E-state index contributed by atoms with van der Waals surface area (Å²) in [4.78, 5) is 22.0. The zero-order chi connectivity index (χ0) is 12.3. The molecule has 0 saturated heterocycles. The van der Waals surface area contributed by atoms with E-state index in [1.165, 1.54) is 25.1 Å². The number of aromatic hydroxyl groups is 2. The Balaban J connectivity index is 2.93. The highest BCUT2D eigenvalue weighted by atomic mass is 16.4. The molecule has 1 atom stereocenters. The topological polar surface area (TPSA) is 107 Å². The van der Waals surface area contributed by atoms with Crippen LogP contribution in [0.1, 0.15) is 17.3 Å². The van der Waals surface area contributed by atoms with Crippen molar-refractivity contribution < 1.29 is 24.9 Å². The van der Waals surface area contributed by atoms with Crippen LogP contribution < -0.4 is 5.32 Å². The van der Waals surface area contributed by atoms with Crippen LogP contribution in [0, 0.1) is 0 Å². The summed E-state index contributed by atoms with van der Waals surface area (Å²) in [5.74, 6) is -2.86. The Labute approximate surface area is 91.1 Å². The van der Waals surface area contributed by atoms with Crippen LogP contribution in [0.15, 0.2) is 18.2 Å². The summed E-state index contributed by atoms with van der Waals surface area (Å²) in [6, 6.07) is 2.70. The van der Waals surface area contributed by atoms with Crippen LogP contribution in [-0.2, 0) is 4.79 Å². The summed E-state index contributed by atoms with van der Waals surface area (Å²) < 4.78 is 0. The number of rotatable bonds is 3. The molecular weight excluding hydrogens is 214 g/mol. The zero-order valence-corrected chi connectivity index (χ0v) is 8.47. The van der Waals surface area contributed by atoms with E-state index in [0.29, 0.717) is 0 Å². The maximum absolute atomic E-state index is 11.5. The number of phenolic OH excluding ortho intramolecular Hbond substituents is 2. The van der Waals surface area contributed by atoms with Gasteiger partial charge in [-0.05, 0) is 19.1 Å². The van der Waals surface area contributed by atoms with E-state index >= 15 is 0 Å². The van der Waals surface area contributed by atoms with E-state index in [-0.39, 0.29) is 5.56 Å². The second-order valence-corrected chi connectivity index (χ2v) is 3.20. The van der Waals surface area contributed by atoms with Gasteiger partial charge in [0, 0.05) is 0 Å². The monoisotopic (exact) mass is 225 g/mol. The molecular formula is C10H11NO5. The molecule has 0 aliphatic rings. The van der Waals surface area contributed by atoms with Gasteiger partial charge in [-0.15, -0.1) is 0 Å². The standard InChI is InChI=1S/C10H11NO5/c1-5(10(15)16)11-9(14)8-6(12)3-2-4-7(8)13/h2-5,12-13H,1H3,(H,11,14)(H,15,16)/t5-/m1/s1. The van der Waals surface area contributed by atoms with Crippen molar-refractivity contribution in [3.05, 3.63) is 23.8 Å². The molecule has 1 aromatic carbocycles. The first kappa shape index (κ1) is 11.8. The number of phenols is 2. The molecule has 1 rings (SSSR count). The smallest absolute Gasteiger partial charge is 0.325 e. The summed E-state index contributed by atoms with van der Waals surface area (Å²) in [6.07, 6.45) is 0. The Morgan fingerprint density at radius 2 is 1.75 bits per heavy atom. The molecule has 6 nitrogen and oxygen atoms in total. The van der Waals surface area contributed by atoms with Crippen LogP contribution in [-0.4, -0.2) is 33.2 Å². The number of hydrogen-bond acceptors (Lipinski definition) is 4. The number of aliphatic carboxylic acids is 1. The molecule has 0 spiro atoms. The Hall–Kier alpha value is -2.24. The van der Waals surface area contributed by atoms with Crippen molar-refractivity contribution in [3.63, 3.8) is 0 Å². The largest absolute Gasteiger partial charge is 0.507 e. The number of carbonyl (C=O) groups is 2. The Kier molecular flexibility index (Phi) is 3.34. The molecule has 0 radical (unpaired) electrons. The van der Waals surface area contributed by atoms with E-state index in [9.17, 15) is 19.8 Å². The van der Waals surface area contributed by atoms with Gasteiger partial charge in [-0.1, -0.05) is 6.07 Å². The zero-order valence-electron chi connectivity index (χ0n) is 8.47. The molecule has 1 amide bonds. The lowest BCUT2D eigenvalue weighted by molar-refractivity contribution is -0.138. The molecule has 4 N–H and O–H groups in total. The van der Waals surface area contributed by atoms with Crippen molar-refractivity contribution in [2.24, 2.45) is 0 Å². The number of benzene rings is 1. The third-order valence-corrected chi connectivity index (χ3v) is 1.97. The summed E-state index contributed by atoms with van der Waals surface area (Å²) in [7, 11) is 0. The van der Waals surface area contributed by atoms with Crippen molar-refractivity contribution in [1.82, 2.24) is 5.32 Å². The van der Waals surface area contributed by atoms with Crippen molar-refractivity contribution >= 4 is 11.9 Å². The van der Waals surface area contributed by atoms with Gasteiger partial charge in [0.15, 0.2) is 0 Å². The highest BCUT2D eigenvalue weighted by Gasteiger charge is 2.20. The fourth-order valence-electron chi connectivity index (χ4n) is 1.09. The van der Waals surface area contributed by atoms with Crippen molar-refractivity contribution in [3.8, 4) is 11.5 Å². The van der Waals surface area contributed by atoms with Gasteiger partial charge < -0.3 is 20.6 Å². The van der Waals surface area contributed by atoms with Gasteiger partial charge in [0.2, 0.25) is 0 Å². The van der Waals surface area contributed by atoms with E-state index in [0.717, 1.165) is 0 Å². The van der Waals surface area contributed by atoms with E-state index in [4.69, 9.17) is 5.11 Å². The van der Waals surface area contributed by atoms with Crippen molar-refractivity contribution in [2.45, 2.75) is 13.0 Å². The number of hydrogen-bond donors (Lipinski definition) is 4. The normalized spacial score (nSPS) is 11.8. The Morgan fingerprint density at radius 1 is 1.25 bits per heavy atom. The number of amides is 1. The Bertz CT molecular complexity index is 409. The number of carbonyl (C=O) groups excluding carboxylic acids is 1. The summed E-state index contributed by atoms with van der Waals surface area (Å²) >= 11 is 0. The van der Waals surface area contributed by atoms with Crippen LogP contribution in [0.3, 0.4) is 0 Å². The molecule has 1 aromatic rings. The van der Waals surface area contributed by atoms with Gasteiger partial charge in [0.05, 0.1) is 0 Å². The lowest BCUT2D eigenvalue weighted by Crippen LogP contribution is -2.38. The van der Waals surface area contributed by atoms with Crippen molar-refractivity contribution in [2.75, 3.05) is 0 Å². The third kappa shape index (κ3) is 2.41. The maximum Gasteiger partial charge on any atom is 0.325 e. The SMILES string of the molecule is C[C@@H](NC(=O)c1c(O)cccc1O)C(=O)O. The second kappa shape index (κ2) is 4.52. The number of carboxylic acid groups (broad SMARTS) is 1. The van der Waals surface area contributed by atoms with Crippen LogP contribution >= 0.6 is 0 Å². The van der Waals surface area contributed by atoms with Gasteiger partial charge >= 0.3 is 5.97 Å². The first-order chi connectivity index (χ1) is 7.43. The lowest BCUT2D eigenvalue weighted by Gasteiger charge is -2.11. The minimum Gasteiger partial charge on any atom is -0.507 e. The fourth-order valence-corrected chi connectivity index (χ4v) is 1.09. The summed E-state index contributed by atoms with van der Waals surface area (Å²) in [5, 5.41) is 29.4. The minimum atomic E-state index is -1.21. The second-order valence-electron chi connectivity index (χ2n) is 3.20. The summed E-state index contributed by atoms with van der Waals surface area (Å²) in [6.45, 7) is 1.28. The molecule has 16 heavy (non-hydrogen) atoms. The van der Waals surface area contributed by atoms with Crippen LogP contribution in [0.2, 0.25) is 0 Å². The van der Waals surface area contributed by atoms with Gasteiger partial charge in [-0.25, -0.2) is 0 Å². The maximum atomic E-state index is 11.5. The highest BCUT2D eigenvalue weighted by molar-refractivity contribution is 6.01. The molecule has 86 valence electrons. The Morgan fingerprint density at radius 3 is 2.19 bits per heavy atom. The van der Waals surface area contributed by atoms with Crippen LogP contribution in [0.5, 0.6) is 11.5 Å². The fraction of sp³-hybridized carbons (Fsp3) is 0.200. The van der Waals surface area contributed by atoms with Gasteiger partial charge in [0.1, 0.15) is 23.1 Å². The predicted molar refractivity (Wildman–Crippen MR) is 54.3 cm³/mol. The van der Waals surface area contributed by atoms with E-state index in [1.807, 2.05) is 0 Å². The predicted octanol–water partition coefficient (Wildman–Crippen LogP) is 0.301. The first-order valence-electron chi connectivity index (χ1n) is 4.48. The molecule has 0 fully saturated rings. The minimum absolute atomic E-state index is 0.337. The first-order valence-corrected chi connectivity index (χ1v) is 4.48. The van der Waals surface area contributed by atoms with Gasteiger partial charge in [0.25, 0.3) is 5.91 Å². The van der Waals surface area contributed by atoms with Crippen LogP contribution in [0.25, 0.3) is 0 Å². The van der Waals surface area contributed by atoms with Gasteiger partial charge in [-0.2, -0.15) is 0 Å². The average Bonchev–Trinajstić information content (AvgIpc) is 2.16. The number of nitrogens with one attached hydrogen (secondary N) is 1. The quantitative estimate of drug-likeness (QED) is 0.592. The molecule has 0 aliphatic heterocycles. The number of carboxylic acids is 1.